The fourth-order valence-corrected chi connectivity index (χ4v) is 2.67. The van der Waals surface area contributed by atoms with Gasteiger partial charge in [0.1, 0.15) is 5.82 Å². The molecule has 3 nitrogen and oxygen atoms in total. The van der Waals surface area contributed by atoms with E-state index in [1.807, 2.05) is 17.8 Å². The smallest absolute Gasteiger partial charge is 0.128 e. The van der Waals surface area contributed by atoms with Gasteiger partial charge in [-0.2, -0.15) is 11.8 Å². The van der Waals surface area contributed by atoms with Gasteiger partial charge < -0.3 is 10.6 Å². The molecule has 0 amide bonds. The highest BCUT2D eigenvalue weighted by molar-refractivity contribution is 7.99. The first-order chi connectivity index (χ1) is 7.31. The highest BCUT2D eigenvalue weighted by atomic mass is 35.5. The largest absolute Gasteiger partial charge is 0.355 e. The van der Waals surface area contributed by atoms with E-state index in [0.717, 1.165) is 24.5 Å². The van der Waals surface area contributed by atoms with Crippen LogP contribution < -0.4 is 10.6 Å². The van der Waals surface area contributed by atoms with Gasteiger partial charge in [0.25, 0.3) is 0 Å². The van der Waals surface area contributed by atoms with E-state index in [1.54, 1.807) is 6.20 Å². The number of aromatic nitrogens is 1. The van der Waals surface area contributed by atoms with Crippen molar-refractivity contribution in [1.29, 1.82) is 0 Å². The third kappa shape index (κ3) is 2.56. The summed E-state index contributed by atoms with van der Waals surface area (Å²) in [6.45, 7) is 2.59. The normalized spacial score (nSPS) is 16.8. The van der Waals surface area contributed by atoms with Crippen molar-refractivity contribution >= 4 is 29.2 Å². The maximum atomic E-state index is 5.97. The van der Waals surface area contributed by atoms with Crippen molar-refractivity contribution in [3.63, 3.8) is 0 Å². The van der Waals surface area contributed by atoms with Gasteiger partial charge in [-0.25, -0.2) is 4.98 Å². The Labute approximate surface area is 99.0 Å². The maximum Gasteiger partial charge on any atom is 0.128 e. The number of thioether (sulfide) groups is 1. The van der Waals surface area contributed by atoms with Crippen LogP contribution in [0.2, 0.25) is 5.02 Å². The molecule has 0 atom stereocenters. The lowest BCUT2D eigenvalue weighted by molar-refractivity contribution is 0.836. The lowest BCUT2D eigenvalue weighted by atomic mass is 10.2. The van der Waals surface area contributed by atoms with Crippen LogP contribution in [0.1, 0.15) is 5.56 Å². The molecule has 1 aliphatic heterocycles. The van der Waals surface area contributed by atoms with E-state index in [0.29, 0.717) is 11.6 Å². The zero-order valence-corrected chi connectivity index (χ0v) is 10.0. The van der Waals surface area contributed by atoms with E-state index in [9.17, 15) is 0 Å². The standard InChI is InChI=1S/C10H14ClN3S/c11-9-7-13-10(5-8(9)6-12)14-1-3-15-4-2-14/h5,7H,1-4,6,12H2. The zero-order valence-electron chi connectivity index (χ0n) is 8.45. The van der Waals surface area contributed by atoms with Crippen molar-refractivity contribution in [1.82, 2.24) is 4.98 Å². The summed E-state index contributed by atoms with van der Waals surface area (Å²) < 4.78 is 0. The molecule has 2 N–H and O–H groups in total. The molecule has 5 heteroatoms. The Kier molecular flexibility index (Phi) is 3.72. The second kappa shape index (κ2) is 5.05. The fraction of sp³-hybridized carbons (Fsp3) is 0.500. The van der Waals surface area contributed by atoms with Crippen molar-refractivity contribution in [2.45, 2.75) is 6.54 Å². The monoisotopic (exact) mass is 243 g/mol. The quantitative estimate of drug-likeness (QED) is 0.860. The Hall–Kier alpha value is -0.450. The molecule has 82 valence electrons. The van der Waals surface area contributed by atoms with Crippen LogP contribution in [0.3, 0.4) is 0 Å². The number of hydrogen-bond donors (Lipinski definition) is 1. The third-order valence-electron chi connectivity index (χ3n) is 2.48. The molecule has 1 aromatic heterocycles. The lowest BCUT2D eigenvalue weighted by Crippen LogP contribution is -2.33. The highest BCUT2D eigenvalue weighted by Crippen LogP contribution is 2.22. The van der Waals surface area contributed by atoms with Gasteiger partial charge in [-0.05, 0) is 11.6 Å². The van der Waals surface area contributed by atoms with E-state index in [-0.39, 0.29) is 0 Å². The molecule has 2 rings (SSSR count). The van der Waals surface area contributed by atoms with Gasteiger partial charge in [-0.15, -0.1) is 0 Å². The second-order valence-corrected chi connectivity index (χ2v) is 5.07. The van der Waals surface area contributed by atoms with Gasteiger partial charge in [-0.3, -0.25) is 0 Å². The van der Waals surface area contributed by atoms with Crippen molar-refractivity contribution in [3.05, 3.63) is 22.8 Å². The van der Waals surface area contributed by atoms with Crippen LogP contribution in [-0.2, 0) is 6.54 Å². The van der Waals surface area contributed by atoms with Crippen LogP contribution in [0.4, 0.5) is 5.82 Å². The highest BCUT2D eigenvalue weighted by Gasteiger charge is 2.13. The molecule has 15 heavy (non-hydrogen) atoms. The minimum absolute atomic E-state index is 0.469. The van der Waals surface area contributed by atoms with Crippen molar-refractivity contribution < 1.29 is 0 Å². The van der Waals surface area contributed by atoms with Gasteiger partial charge in [0.05, 0.1) is 5.02 Å². The summed E-state index contributed by atoms with van der Waals surface area (Å²) in [6.07, 6.45) is 1.70. The summed E-state index contributed by atoms with van der Waals surface area (Å²) in [7, 11) is 0. The lowest BCUT2D eigenvalue weighted by Gasteiger charge is -2.27. The SMILES string of the molecule is NCc1cc(N2CCSCC2)ncc1Cl. The Morgan fingerprint density at radius 1 is 1.47 bits per heavy atom. The first-order valence-corrected chi connectivity index (χ1v) is 6.51. The van der Waals surface area contributed by atoms with Gasteiger partial charge in [0, 0.05) is 37.3 Å². The summed E-state index contributed by atoms with van der Waals surface area (Å²) in [5.74, 6) is 3.34. The number of hydrogen-bond acceptors (Lipinski definition) is 4. The summed E-state index contributed by atoms with van der Waals surface area (Å²) in [6, 6.07) is 2.00. The van der Waals surface area contributed by atoms with Crippen LogP contribution in [0.15, 0.2) is 12.3 Å². The molecular weight excluding hydrogens is 230 g/mol. The molecule has 0 aliphatic carbocycles. The molecule has 0 bridgehead atoms. The molecule has 0 aromatic carbocycles. The number of pyridine rings is 1. The maximum absolute atomic E-state index is 5.97. The predicted octanol–water partition coefficient (Wildman–Crippen LogP) is 1.75. The van der Waals surface area contributed by atoms with Gasteiger partial charge in [-0.1, -0.05) is 11.6 Å². The average molecular weight is 244 g/mol. The summed E-state index contributed by atoms with van der Waals surface area (Å²) in [5, 5.41) is 0.660. The second-order valence-electron chi connectivity index (χ2n) is 3.44. The summed E-state index contributed by atoms with van der Waals surface area (Å²) in [4.78, 5) is 6.62. The van der Waals surface area contributed by atoms with E-state index < -0.39 is 0 Å². The van der Waals surface area contributed by atoms with E-state index >= 15 is 0 Å². The first kappa shape index (κ1) is 11.0. The molecule has 0 spiro atoms. The zero-order chi connectivity index (χ0) is 10.7. The van der Waals surface area contributed by atoms with E-state index in [4.69, 9.17) is 17.3 Å². The molecule has 1 fully saturated rings. The molecule has 1 aliphatic rings. The van der Waals surface area contributed by atoms with Crippen LogP contribution in [0, 0.1) is 0 Å². The van der Waals surface area contributed by atoms with Gasteiger partial charge in [0.15, 0.2) is 0 Å². The average Bonchev–Trinajstić information content (AvgIpc) is 2.31. The Morgan fingerprint density at radius 3 is 2.87 bits per heavy atom. The van der Waals surface area contributed by atoms with Crippen LogP contribution >= 0.6 is 23.4 Å². The van der Waals surface area contributed by atoms with E-state index in [2.05, 4.69) is 9.88 Å². The van der Waals surface area contributed by atoms with Crippen LogP contribution in [0.25, 0.3) is 0 Å². The van der Waals surface area contributed by atoms with Crippen molar-refractivity contribution in [2.75, 3.05) is 29.5 Å². The Balaban J connectivity index is 2.20. The number of halogens is 1. The minimum atomic E-state index is 0.469. The molecule has 1 aromatic rings. The topological polar surface area (TPSA) is 42.1 Å². The van der Waals surface area contributed by atoms with E-state index in [1.165, 1.54) is 11.5 Å². The van der Waals surface area contributed by atoms with Gasteiger partial charge in [0.2, 0.25) is 0 Å². The number of nitrogens with zero attached hydrogens (tertiary/aromatic N) is 2. The van der Waals surface area contributed by atoms with Crippen LogP contribution in [0.5, 0.6) is 0 Å². The summed E-state index contributed by atoms with van der Waals surface area (Å²) in [5.41, 5.74) is 6.59. The molecule has 0 saturated carbocycles. The molecule has 0 radical (unpaired) electrons. The first-order valence-electron chi connectivity index (χ1n) is 4.98. The predicted molar refractivity (Wildman–Crippen MR) is 66.7 cm³/mol. The number of anilines is 1. The Morgan fingerprint density at radius 2 is 2.20 bits per heavy atom. The van der Waals surface area contributed by atoms with Crippen molar-refractivity contribution in [3.8, 4) is 0 Å². The Bertz CT molecular complexity index is 339. The molecular formula is C10H14ClN3S. The number of rotatable bonds is 2. The molecule has 0 unspecified atom stereocenters. The fourth-order valence-electron chi connectivity index (χ4n) is 1.59. The number of nitrogens with two attached hydrogens (primary N) is 1. The van der Waals surface area contributed by atoms with Gasteiger partial charge >= 0.3 is 0 Å². The van der Waals surface area contributed by atoms with Crippen LogP contribution in [-0.4, -0.2) is 29.6 Å². The van der Waals surface area contributed by atoms with Crippen molar-refractivity contribution in [2.24, 2.45) is 5.73 Å². The molecule has 1 saturated heterocycles. The minimum Gasteiger partial charge on any atom is -0.355 e. The molecule has 2 heterocycles. The third-order valence-corrected chi connectivity index (χ3v) is 3.76. The summed E-state index contributed by atoms with van der Waals surface area (Å²) >= 11 is 7.96.